The van der Waals surface area contributed by atoms with Crippen molar-refractivity contribution in [2.45, 2.75) is 0 Å². The molecule has 2 heterocycles. The van der Waals surface area contributed by atoms with Gasteiger partial charge in [0.05, 0.1) is 22.1 Å². The second-order valence-electron chi connectivity index (χ2n) is 15.4. The summed E-state index contributed by atoms with van der Waals surface area (Å²) in [4.78, 5) is 0. The third-order valence-corrected chi connectivity index (χ3v) is 12.1. The lowest BCUT2D eigenvalue weighted by Gasteiger charge is -2.14. The highest BCUT2D eigenvalue weighted by Gasteiger charge is 2.17. The van der Waals surface area contributed by atoms with Gasteiger partial charge >= 0.3 is 0 Å². The summed E-state index contributed by atoms with van der Waals surface area (Å²) in [5.41, 5.74) is 14.3. The summed E-state index contributed by atoms with van der Waals surface area (Å²) in [6.45, 7) is 0. The van der Waals surface area contributed by atoms with E-state index in [0.717, 1.165) is 0 Å². The van der Waals surface area contributed by atoms with E-state index in [1.54, 1.807) is 0 Å². The van der Waals surface area contributed by atoms with Crippen LogP contribution in [0.4, 0.5) is 0 Å². The van der Waals surface area contributed by atoms with Crippen LogP contribution in [-0.4, -0.2) is 9.13 Å². The first-order valence-electron chi connectivity index (χ1n) is 20.0. The molecule has 270 valence electrons. The van der Waals surface area contributed by atoms with E-state index in [9.17, 15) is 0 Å². The molecule has 0 saturated heterocycles. The molecule has 2 heteroatoms. The summed E-state index contributed by atoms with van der Waals surface area (Å²) in [6, 6.07) is 80.2. The average molecular weight is 737 g/mol. The topological polar surface area (TPSA) is 9.86 Å². The molecule has 0 aliphatic carbocycles. The first-order chi connectivity index (χ1) is 28.7. The molecule has 0 aliphatic rings. The van der Waals surface area contributed by atoms with Gasteiger partial charge < -0.3 is 9.13 Å². The lowest BCUT2D eigenvalue weighted by Crippen LogP contribution is -1.93. The molecular formula is C56H36N2. The number of para-hydroxylation sites is 4. The number of rotatable bonds is 5. The third-order valence-electron chi connectivity index (χ3n) is 12.1. The summed E-state index contributed by atoms with van der Waals surface area (Å²) in [7, 11) is 0. The van der Waals surface area contributed by atoms with E-state index in [4.69, 9.17) is 0 Å². The van der Waals surface area contributed by atoms with Gasteiger partial charge in [0, 0.05) is 32.9 Å². The lowest BCUT2D eigenvalue weighted by atomic mass is 9.91. The molecule has 10 aromatic carbocycles. The maximum atomic E-state index is 2.39. The molecule has 0 bridgehead atoms. The summed E-state index contributed by atoms with van der Waals surface area (Å²) < 4.78 is 4.77. The Hall–Kier alpha value is -7.68. The zero-order valence-electron chi connectivity index (χ0n) is 31.7. The van der Waals surface area contributed by atoms with Gasteiger partial charge in [0.2, 0.25) is 0 Å². The van der Waals surface area contributed by atoms with Crippen LogP contribution in [0.3, 0.4) is 0 Å². The van der Waals surface area contributed by atoms with Crippen LogP contribution in [-0.2, 0) is 0 Å². The van der Waals surface area contributed by atoms with Crippen molar-refractivity contribution < 1.29 is 0 Å². The Morgan fingerprint density at radius 2 is 0.569 bits per heavy atom. The first-order valence-corrected chi connectivity index (χ1v) is 20.0. The maximum absolute atomic E-state index is 2.39. The minimum Gasteiger partial charge on any atom is -0.309 e. The molecule has 0 radical (unpaired) electrons. The van der Waals surface area contributed by atoms with E-state index in [-0.39, 0.29) is 0 Å². The third kappa shape index (κ3) is 5.12. The van der Waals surface area contributed by atoms with E-state index in [1.165, 1.54) is 110 Å². The highest BCUT2D eigenvalue weighted by atomic mass is 15.0. The van der Waals surface area contributed by atoms with Crippen molar-refractivity contribution in [3.63, 3.8) is 0 Å². The normalized spacial score (nSPS) is 11.8. The molecule has 0 atom stereocenters. The van der Waals surface area contributed by atoms with Gasteiger partial charge in [0.15, 0.2) is 0 Å². The van der Waals surface area contributed by atoms with E-state index in [1.807, 2.05) is 0 Å². The van der Waals surface area contributed by atoms with Gasteiger partial charge in [-0.25, -0.2) is 0 Å². The quantitative estimate of drug-likeness (QED) is 0.156. The fourth-order valence-corrected chi connectivity index (χ4v) is 9.32. The molecule has 0 saturated carbocycles. The molecule has 12 rings (SSSR count). The Labute approximate surface area is 336 Å². The highest BCUT2D eigenvalue weighted by Crippen LogP contribution is 2.41. The van der Waals surface area contributed by atoms with Gasteiger partial charge in [-0.2, -0.15) is 0 Å². The fraction of sp³-hybridized carbons (Fsp3) is 0. The Bertz CT molecular complexity index is 3380. The summed E-state index contributed by atoms with van der Waals surface area (Å²) >= 11 is 0. The Morgan fingerprint density at radius 1 is 0.207 bits per heavy atom. The number of benzene rings is 10. The number of aromatic nitrogens is 2. The molecule has 0 fully saturated rings. The lowest BCUT2D eigenvalue weighted by molar-refractivity contribution is 1.18. The molecule has 2 aromatic heterocycles. The van der Waals surface area contributed by atoms with Crippen LogP contribution in [0.1, 0.15) is 0 Å². The van der Waals surface area contributed by atoms with E-state index in [0.29, 0.717) is 0 Å². The van der Waals surface area contributed by atoms with Crippen molar-refractivity contribution >= 4 is 65.2 Å². The van der Waals surface area contributed by atoms with Crippen LogP contribution in [0.5, 0.6) is 0 Å². The molecule has 0 aliphatic heterocycles. The molecule has 12 aromatic rings. The average Bonchev–Trinajstić information content (AvgIpc) is 3.81. The van der Waals surface area contributed by atoms with Gasteiger partial charge in [-0.05, 0) is 140 Å². The van der Waals surface area contributed by atoms with Gasteiger partial charge in [0.1, 0.15) is 0 Å². The molecule has 2 nitrogen and oxygen atoms in total. The van der Waals surface area contributed by atoms with Gasteiger partial charge in [-0.15, -0.1) is 0 Å². The van der Waals surface area contributed by atoms with Crippen molar-refractivity contribution in [2.24, 2.45) is 0 Å². The Balaban J connectivity index is 1.09. The second kappa shape index (κ2) is 12.9. The predicted molar refractivity (Wildman–Crippen MR) is 246 cm³/mol. The van der Waals surface area contributed by atoms with E-state index >= 15 is 0 Å². The van der Waals surface area contributed by atoms with Crippen LogP contribution in [0, 0.1) is 0 Å². The minimum absolute atomic E-state index is 1.17. The minimum atomic E-state index is 1.17. The molecule has 0 amide bonds. The van der Waals surface area contributed by atoms with Crippen molar-refractivity contribution in [3.05, 3.63) is 218 Å². The zero-order valence-corrected chi connectivity index (χ0v) is 31.7. The molecule has 58 heavy (non-hydrogen) atoms. The fourth-order valence-electron chi connectivity index (χ4n) is 9.32. The molecular weight excluding hydrogens is 701 g/mol. The molecule has 0 unspecified atom stereocenters. The van der Waals surface area contributed by atoms with Crippen LogP contribution in [0.2, 0.25) is 0 Å². The maximum Gasteiger partial charge on any atom is 0.0541 e. The number of hydrogen-bond acceptors (Lipinski definition) is 0. The van der Waals surface area contributed by atoms with Crippen LogP contribution in [0.25, 0.3) is 110 Å². The molecule has 0 N–H and O–H groups in total. The van der Waals surface area contributed by atoms with Crippen molar-refractivity contribution in [1.82, 2.24) is 9.13 Å². The second-order valence-corrected chi connectivity index (χ2v) is 15.4. The summed E-state index contributed by atoms with van der Waals surface area (Å²) in [5.74, 6) is 0. The largest absolute Gasteiger partial charge is 0.309 e. The zero-order chi connectivity index (χ0) is 38.2. The highest BCUT2D eigenvalue weighted by molar-refractivity contribution is 6.12. The molecule has 0 spiro atoms. The van der Waals surface area contributed by atoms with Gasteiger partial charge in [0.25, 0.3) is 0 Å². The van der Waals surface area contributed by atoms with Crippen LogP contribution >= 0.6 is 0 Å². The predicted octanol–water partition coefficient (Wildman–Crippen LogP) is 15.2. The van der Waals surface area contributed by atoms with E-state index < -0.39 is 0 Å². The Kier molecular flexibility index (Phi) is 7.26. The monoisotopic (exact) mass is 736 g/mol. The van der Waals surface area contributed by atoms with Crippen LogP contribution < -0.4 is 0 Å². The van der Waals surface area contributed by atoms with Gasteiger partial charge in [-0.3, -0.25) is 0 Å². The first kappa shape index (κ1) is 32.6. The van der Waals surface area contributed by atoms with E-state index in [2.05, 4.69) is 228 Å². The smallest absolute Gasteiger partial charge is 0.0541 e. The summed E-state index contributed by atoms with van der Waals surface area (Å²) in [5, 5.41) is 10.0. The number of fused-ring (bicyclic) bond motifs is 9. The standard InChI is InChI=1S/C56H36N2/c1-3-14-45(15-4-1)57-53-21-11-9-19-48(53)51-35-40(27-29-55(51)57)43-31-42(39-26-25-38-24-23-37-13-7-8-18-47(37)50(38)34-39)32-44(33-43)41-28-30-56-52(36-41)49-20-10-12-22-54(49)58(56)46-16-5-2-6-17-46/h1-36H. The van der Waals surface area contributed by atoms with Crippen molar-refractivity contribution in [1.29, 1.82) is 0 Å². The number of nitrogens with zero attached hydrogens (tertiary/aromatic N) is 2. The summed E-state index contributed by atoms with van der Waals surface area (Å²) in [6.07, 6.45) is 0. The Morgan fingerprint density at radius 3 is 1.09 bits per heavy atom. The van der Waals surface area contributed by atoms with Crippen LogP contribution in [0.15, 0.2) is 218 Å². The van der Waals surface area contributed by atoms with Gasteiger partial charge in [-0.1, -0.05) is 133 Å². The number of hydrogen-bond donors (Lipinski definition) is 0. The SMILES string of the molecule is c1ccc(-n2c3ccccc3c3cc(-c4cc(-c5ccc6ccc7ccccc7c6c5)cc(-c5ccc6c(c5)c5ccccc5n6-c5ccccc5)c4)ccc32)cc1. The van der Waals surface area contributed by atoms with Crippen molar-refractivity contribution in [2.75, 3.05) is 0 Å². The van der Waals surface area contributed by atoms with Crippen molar-refractivity contribution in [3.8, 4) is 44.8 Å².